The van der Waals surface area contributed by atoms with Gasteiger partial charge in [0.15, 0.2) is 0 Å². The maximum absolute atomic E-state index is 14.8. The standard InChI is InChI=1S/C38H41Cl2N3O5S/c1-27-18-21-36(48-2)34(22-27)43(49(46,47)32-16-10-5-11-17-32)26-37(44)42(25-29-19-20-30(39)24-33(29)40)35(23-28-12-6-3-7-13-28)38(45)41-31-14-8-4-9-15-31/h3,5-7,10-13,16-22,24,31,35H,4,8-9,14-15,23,25-26H2,1-2H3,(H,41,45)/t35-/m0/s1. The molecule has 2 amide bonds. The minimum Gasteiger partial charge on any atom is -0.495 e. The van der Waals surface area contributed by atoms with Gasteiger partial charge in [-0.25, -0.2) is 8.42 Å². The number of nitrogens with zero attached hydrogens (tertiary/aromatic N) is 2. The number of carbonyl (C=O) groups excluding carboxylic acids is 2. The number of aryl methyl sites for hydroxylation is 1. The Hall–Kier alpha value is -4.05. The van der Waals surface area contributed by atoms with E-state index in [2.05, 4.69) is 5.32 Å². The molecule has 11 heteroatoms. The van der Waals surface area contributed by atoms with Crippen LogP contribution in [0.4, 0.5) is 5.69 Å². The number of benzene rings is 4. The van der Waals surface area contributed by atoms with Crippen LogP contribution in [0.15, 0.2) is 102 Å². The number of hydrogen-bond donors (Lipinski definition) is 1. The Labute approximate surface area is 299 Å². The number of carbonyl (C=O) groups is 2. The van der Waals surface area contributed by atoms with Crippen LogP contribution in [0.3, 0.4) is 0 Å². The fraction of sp³-hybridized carbons (Fsp3) is 0.316. The lowest BCUT2D eigenvalue weighted by molar-refractivity contribution is -0.140. The summed E-state index contributed by atoms with van der Waals surface area (Å²) in [4.78, 5) is 30.6. The lowest BCUT2D eigenvalue weighted by Crippen LogP contribution is -2.55. The summed E-state index contributed by atoms with van der Waals surface area (Å²) in [6.45, 7) is 1.16. The first-order chi connectivity index (χ1) is 23.6. The van der Waals surface area contributed by atoms with Crippen LogP contribution in [0.2, 0.25) is 10.0 Å². The van der Waals surface area contributed by atoms with Crippen LogP contribution in [0.1, 0.15) is 48.8 Å². The van der Waals surface area contributed by atoms with E-state index in [4.69, 9.17) is 27.9 Å². The summed E-state index contributed by atoms with van der Waals surface area (Å²) in [5.41, 5.74) is 2.39. The monoisotopic (exact) mass is 721 g/mol. The Morgan fingerprint density at radius 3 is 2.22 bits per heavy atom. The SMILES string of the molecule is COc1ccc(C)cc1N(CC(=O)N(Cc1ccc(Cl)cc1Cl)[C@@H](Cc1ccccc1)C(=O)NC1CCCCC1)S(=O)(=O)c1ccccc1. The molecular weight excluding hydrogens is 681 g/mol. The van der Waals surface area contributed by atoms with Crippen LogP contribution in [0.25, 0.3) is 0 Å². The van der Waals surface area contributed by atoms with Crippen molar-refractivity contribution in [2.24, 2.45) is 0 Å². The van der Waals surface area contributed by atoms with E-state index in [9.17, 15) is 18.0 Å². The molecule has 0 radical (unpaired) electrons. The molecule has 0 bridgehead atoms. The van der Waals surface area contributed by atoms with Crippen molar-refractivity contribution in [3.8, 4) is 5.75 Å². The zero-order chi connectivity index (χ0) is 35.0. The molecule has 1 N–H and O–H groups in total. The van der Waals surface area contributed by atoms with Crippen LogP contribution in [0.5, 0.6) is 5.75 Å². The predicted molar refractivity (Wildman–Crippen MR) is 195 cm³/mol. The molecule has 5 rings (SSSR count). The van der Waals surface area contributed by atoms with Gasteiger partial charge < -0.3 is 15.0 Å². The van der Waals surface area contributed by atoms with Gasteiger partial charge in [0, 0.05) is 29.1 Å². The minimum absolute atomic E-state index is 0.00883. The van der Waals surface area contributed by atoms with Gasteiger partial charge in [-0.1, -0.05) is 103 Å². The normalized spacial score (nSPS) is 14.1. The van der Waals surface area contributed by atoms with Gasteiger partial charge >= 0.3 is 0 Å². The van der Waals surface area contributed by atoms with Crippen molar-refractivity contribution >= 4 is 50.7 Å². The first-order valence-electron chi connectivity index (χ1n) is 16.4. The Morgan fingerprint density at radius 2 is 1.57 bits per heavy atom. The van der Waals surface area contributed by atoms with Crippen molar-refractivity contribution in [3.05, 3.63) is 124 Å². The van der Waals surface area contributed by atoms with Crippen LogP contribution in [0, 0.1) is 6.92 Å². The fourth-order valence-corrected chi connectivity index (χ4v) is 8.07. The Kier molecular flexibility index (Phi) is 12.3. The first-order valence-corrected chi connectivity index (χ1v) is 18.6. The molecule has 0 unspecified atom stereocenters. The fourth-order valence-electron chi connectivity index (χ4n) is 6.16. The number of hydrogen-bond acceptors (Lipinski definition) is 5. The third kappa shape index (κ3) is 9.15. The van der Waals surface area contributed by atoms with E-state index in [-0.39, 0.29) is 41.2 Å². The highest BCUT2D eigenvalue weighted by molar-refractivity contribution is 7.92. The van der Waals surface area contributed by atoms with Gasteiger partial charge in [0.05, 0.1) is 17.7 Å². The average Bonchev–Trinajstić information content (AvgIpc) is 3.10. The molecule has 0 heterocycles. The summed E-state index contributed by atoms with van der Waals surface area (Å²) < 4.78 is 35.4. The number of halogens is 2. The topological polar surface area (TPSA) is 96.0 Å². The van der Waals surface area contributed by atoms with Gasteiger partial charge in [-0.3, -0.25) is 13.9 Å². The molecule has 1 atom stereocenters. The van der Waals surface area contributed by atoms with Crippen molar-refractivity contribution in [1.29, 1.82) is 0 Å². The summed E-state index contributed by atoms with van der Waals surface area (Å²) in [5.74, 6) is -0.616. The zero-order valence-corrected chi connectivity index (χ0v) is 30.0. The molecule has 258 valence electrons. The van der Waals surface area contributed by atoms with Gasteiger partial charge in [-0.15, -0.1) is 0 Å². The lowest BCUT2D eigenvalue weighted by atomic mass is 9.94. The summed E-state index contributed by atoms with van der Waals surface area (Å²) in [7, 11) is -2.84. The van der Waals surface area contributed by atoms with E-state index < -0.39 is 28.5 Å². The highest BCUT2D eigenvalue weighted by Gasteiger charge is 2.36. The maximum Gasteiger partial charge on any atom is 0.264 e. The van der Waals surface area contributed by atoms with Crippen molar-refractivity contribution in [3.63, 3.8) is 0 Å². The number of rotatable bonds is 13. The number of sulfonamides is 1. The van der Waals surface area contributed by atoms with E-state index >= 15 is 0 Å². The zero-order valence-electron chi connectivity index (χ0n) is 27.6. The summed E-state index contributed by atoms with van der Waals surface area (Å²) in [5, 5.41) is 3.96. The molecule has 0 spiro atoms. The second-order valence-electron chi connectivity index (χ2n) is 12.3. The maximum atomic E-state index is 14.8. The molecule has 0 aliphatic heterocycles. The molecule has 1 aliphatic carbocycles. The Morgan fingerprint density at radius 1 is 0.898 bits per heavy atom. The molecule has 0 saturated heterocycles. The highest BCUT2D eigenvalue weighted by Crippen LogP contribution is 2.34. The van der Waals surface area contributed by atoms with Gasteiger partial charge in [-0.05, 0) is 72.9 Å². The van der Waals surface area contributed by atoms with E-state index in [0.717, 1.165) is 47.5 Å². The van der Waals surface area contributed by atoms with Gasteiger partial charge in [-0.2, -0.15) is 0 Å². The number of methoxy groups -OCH3 is 1. The molecule has 0 aromatic heterocycles. The van der Waals surface area contributed by atoms with E-state index in [1.54, 1.807) is 54.6 Å². The Balaban J connectivity index is 1.61. The van der Waals surface area contributed by atoms with E-state index in [1.165, 1.54) is 24.1 Å². The van der Waals surface area contributed by atoms with Gasteiger partial charge in [0.1, 0.15) is 18.3 Å². The molecule has 49 heavy (non-hydrogen) atoms. The molecule has 8 nitrogen and oxygen atoms in total. The average molecular weight is 723 g/mol. The minimum atomic E-state index is -4.28. The molecule has 4 aromatic carbocycles. The second kappa shape index (κ2) is 16.6. The van der Waals surface area contributed by atoms with E-state index in [0.29, 0.717) is 15.6 Å². The third-order valence-corrected chi connectivity index (χ3v) is 11.2. The smallest absolute Gasteiger partial charge is 0.264 e. The van der Waals surface area contributed by atoms with Crippen LogP contribution >= 0.6 is 23.2 Å². The first kappa shape index (κ1) is 36.2. The molecule has 4 aromatic rings. The van der Waals surface area contributed by atoms with Crippen molar-refractivity contribution in [2.45, 2.75) is 69.0 Å². The van der Waals surface area contributed by atoms with Crippen molar-refractivity contribution in [2.75, 3.05) is 18.0 Å². The molecule has 1 fully saturated rings. The number of anilines is 1. The predicted octanol–water partition coefficient (Wildman–Crippen LogP) is 7.59. The van der Waals surface area contributed by atoms with Crippen molar-refractivity contribution < 1.29 is 22.7 Å². The van der Waals surface area contributed by atoms with Gasteiger partial charge in [0.2, 0.25) is 11.8 Å². The summed E-state index contributed by atoms with van der Waals surface area (Å²) in [6, 6.07) is 26.5. The summed E-state index contributed by atoms with van der Waals surface area (Å²) >= 11 is 12.9. The summed E-state index contributed by atoms with van der Waals surface area (Å²) in [6.07, 6.45) is 5.07. The third-order valence-electron chi connectivity index (χ3n) is 8.79. The van der Waals surface area contributed by atoms with Crippen LogP contribution < -0.4 is 14.4 Å². The van der Waals surface area contributed by atoms with Crippen LogP contribution in [-0.2, 0) is 32.6 Å². The molecule has 1 aliphatic rings. The van der Waals surface area contributed by atoms with E-state index in [1.807, 2.05) is 37.3 Å². The molecular formula is C38H41Cl2N3O5S. The Bertz CT molecular complexity index is 1850. The van der Waals surface area contributed by atoms with Gasteiger partial charge in [0.25, 0.3) is 10.0 Å². The highest BCUT2D eigenvalue weighted by atomic mass is 35.5. The number of ether oxygens (including phenoxy) is 1. The number of nitrogens with one attached hydrogen (secondary N) is 1. The van der Waals surface area contributed by atoms with Crippen molar-refractivity contribution in [1.82, 2.24) is 10.2 Å². The lowest BCUT2D eigenvalue weighted by Gasteiger charge is -2.35. The van der Waals surface area contributed by atoms with Crippen LogP contribution in [-0.4, -0.2) is 50.9 Å². The second-order valence-corrected chi connectivity index (χ2v) is 15.0. The molecule has 1 saturated carbocycles. The quantitative estimate of drug-likeness (QED) is 0.154. The number of amides is 2. The largest absolute Gasteiger partial charge is 0.495 e.